The van der Waals surface area contributed by atoms with Gasteiger partial charge >= 0.3 is 0 Å². The lowest BCUT2D eigenvalue weighted by molar-refractivity contribution is -0.0501. The molecule has 0 spiro atoms. The number of rotatable bonds is 4. The molecule has 0 aromatic heterocycles. The third-order valence-corrected chi connectivity index (χ3v) is 2.90. The van der Waals surface area contributed by atoms with Gasteiger partial charge in [0.05, 0.1) is 6.54 Å². The van der Waals surface area contributed by atoms with Crippen molar-refractivity contribution in [3.8, 4) is 0 Å². The molecule has 0 radical (unpaired) electrons. The smallest absolute Gasteiger partial charge is 0.282 e. The van der Waals surface area contributed by atoms with Crippen LogP contribution in [0.4, 0.5) is 8.78 Å². The van der Waals surface area contributed by atoms with E-state index in [1.807, 2.05) is 0 Å². The summed E-state index contributed by atoms with van der Waals surface area (Å²) < 4.78 is 25.3. The van der Waals surface area contributed by atoms with Gasteiger partial charge in [0, 0.05) is 6.04 Å². The van der Waals surface area contributed by atoms with Gasteiger partial charge in [-0.1, -0.05) is 6.92 Å². The molecular weight excluding hydrogens is 188 g/mol. The monoisotopic (exact) mass is 207 g/mol. The van der Waals surface area contributed by atoms with Gasteiger partial charge in [-0.15, -0.1) is 0 Å². The van der Waals surface area contributed by atoms with Crippen LogP contribution in [-0.2, 0) is 0 Å². The van der Waals surface area contributed by atoms with Crippen molar-refractivity contribution >= 4 is 0 Å². The summed E-state index contributed by atoms with van der Waals surface area (Å²) in [4.78, 5) is 0. The molecule has 4 heteroatoms. The van der Waals surface area contributed by atoms with Crippen LogP contribution in [0.2, 0.25) is 0 Å². The molecule has 0 aromatic rings. The molecule has 2 N–H and O–H groups in total. The van der Waals surface area contributed by atoms with Gasteiger partial charge in [-0.3, -0.25) is 0 Å². The van der Waals surface area contributed by atoms with Crippen molar-refractivity contribution < 1.29 is 13.9 Å². The first-order valence-electron chi connectivity index (χ1n) is 5.25. The Hall–Kier alpha value is -0.220. The molecule has 1 fully saturated rings. The zero-order valence-electron chi connectivity index (χ0n) is 8.60. The molecule has 0 bridgehead atoms. The fourth-order valence-corrected chi connectivity index (χ4v) is 1.81. The predicted molar refractivity (Wildman–Crippen MR) is 51.5 cm³/mol. The van der Waals surface area contributed by atoms with Crippen LogP contribution < -0.4 is 5.32 Å². The topological polar surface area (TPSA) is 32.3 Å². The molecule has 0 saturated heterocycles. The molecule has 2 nitrogen and oxygen atoms in total. The molecule has 0 unspecified atom stereocenters. The Kier molecular flexibility index (Phi) is 4.26. The Labute approximate surface area is 83.7 Å². The van der Waals surface area contributed by atoms with Crippen LogP contribution in [0.3, 0.4) is 0 Å². The van der Waals surface area contributed by atoms with Crippen LogP contribution in [0.1, 0.15) is 32.6 Å². The van der Waals surface area contributed by atoms with Gasteiger partial charge < -0.3 is 10.4 Å². The van der Waals surface area contributed by atoms with E-state index in [1.165, 1.54) is 0 Å². The number of halogens is 2. The van der Waals surface area contributed by atoms with Gasteiger partial charge in [-0.05, 0) is 31.6 Å². The Balaban J connectivity index is 2.19. The fourth-order valence-electron chi connectivity index (χ4n) is 1.81. The summed E-state index contributed by atoms with van der Waals surface area (Å²) in [6.45, 7) is 0.726. The first kappa shape index (κ1) is 11.9. The molecule has 0 heterocycles. The fraction of sp³-hybridized carbons (Fsp3) is 1.00. The summed E-state index contributed by atoms with van der Waals surface area (Å²) in [7, 11) is 0. The highest BCUT2D eigenvalue weighted by atomic mass is 19.3. The van der Waals surface area contributed by atoms with Gasteiger partial charge in [0.1, 0.15) is 6.61 Å². The number of alkyl halides is 2. The summed E-state index contributed by atoms with van der Waals surface area (Å²) in [5.74, 6) is -2.24. The van der Waals surface area contributed by atoms with Gasteiger partial charge in [-0.25, -0.2) is 8.78 Å². The predicted octanol–water partition coefficient (Wildman–Crippen LogP) is 1.78. The summed E-state index contributed by atoms with van der Waals surface area (Å²) in [6.07, 6.45) is 4.18. The van der Waals surface area contributed by atoms with Gasteiger partial charge in [0.15, 0.2) is 0 Å². The number of aliphatic hydroxyl groups excluding tert-OH is 1. The highest BCUT2D eigenvalue weighted by molar-refractivity contribution is 4.78. The van der Waals surface area contributed by atoms with E-state index in [-0.39, 0.29) is 6.04 Å². The van der Waals surface area contributed by atoms with E-state index in [0.717, 1.165) is 31.6 Å². The summed E-state index contributed by atoms with van der Waals surface area (Å²) in [5, 5.41) is 11.2. The van der Waals surface area contributed by atoms with Crippen LogP contribution >= 0.6 is 0 Å². The second kappa shape index (κ2) is 5.03. The van der Waals surface area contributed by atoms with Gasteiger partial charge in [-0.2, -0.15) is 0 Å². The Morgan fingerprint density at radius 3 is 2.36 bits per heavy atom. The minimum atomic E-state index is -2.97. The molecule has 0 atom stereocenters. The Morgan fingerprint density at radius 2 is 1.86 bits per heavy atom. The first-order chi connectivity index (χ1) is 6.53. The summed E-state index contributed by atoms with van der Waals surface area (Å²) >= 11 is 0. The number of nitrogens with one attached hydrogen (secondary N) is 1. The normalized spacial score (nSPS) is 29.1. The lowest BCUT2D eigenvalue weighted by atomic mass is 9.87. The second-order valence-electron chi connectivity index (χ2n) is 4.35. The maximum atomic E-state index is 12.7. The molecule has 1 saturated carbocycles. The molecule has 0 aromatic carbocycles. The average Bonchev–Trinajstić information content (AvgIpc) is 2.17. The largest absolute Gasteiger partial charge is 0.390 e. The van der Waals surface area contributed by atoms with E-state index in [1.54, 1.807) is 0 Å². The quantitative estimate of drug-likeness (QED) is 0.736. The molecule has 1 aliphatic carbocycles. The molecule has 1 rings (SSSR count). The molecular formula is C10H19F2NO. The highest BCUT2D eigenvalue weighted by Crippen LogP contribution is 2.24. The molecule has 14 heavy (non-hydrogen) atoms. The van der Waals surface area contributed by atoms with Crippen LogP contribution in [0.25, 0.3) is 0 Å². The highest BCUT2D eigenvalue weighted by Gasteiger charge is 2.29. The standard InChI is InChI=1S/C10H19F2NO/c1-8-2-4-9(5-3-8)13-6-10(11,12)7-14/h8-9,13-14H,2-7H2,1H3. The third-order valence-electron chi connectivity index (χ3n) is 2.90. The van der Waals surface area contributed by atoms with Gasteiger partial charge in [0.25, 0.3) is 5.92 Å². The van der Waals surface area contributed by atoms with Crippen molar-refractivity contribution in [3.63, 3.8) is 0 Å². The minimum absolute atomic E-state index is 0.212. The van der Waals surface area contributed by atoms with E-state index in [9.17, 15) is 8.78 Å². The lowest BCUT2D eigenvalue weighted by Crippen LogP contribution is -2.42. The number of hydrogen-bond acceptors (Lipinski definition) is 2. The van der Waals surface area contributed by atoms with Gasteiger partial charge in [0.2, 0.25) is 0 Å². The van der Waals surface area contributed by atoms with E-state index in [0.29, 0.717) is 0 Å². The van der Waals surface area contributed by atoms with Crippen molar-refractivity contribution in [1.29, 1.82) is 0 Å². The molecule has 1 aliphatic rings. The van der Waals surface area contributed by atoms with Crippen LogP contribution in [-0.4, -0.2) is 30.2 Å². The van der Waals surface area contributed by atoms with Crippen molar-refractivity contribution in [2.24, 2.45) is 5.92 Å². The van der Waals surface area contributed by atoms with E-state index < -0.39 is 19.1 Å². The minimum Gasteiger partial charge on any atom is -0.390 e. The number of aliphatic hydroxyl groups is 1. The number of hydrogen-bond donors (Lipinski definition) is 2. The average molecular weight is 207 g/mol. The Bertz CT molecular complexity index is 168. The van der Waals surface area contributed by atoms with Crippen molar-refractivity contribution in [3.05, 3.63) is 0 Å². The first-order valence-corrected chi connectivity index (χ1v) is 5.25. The third kappa shape index (κ3) is 3.88. The maximum absolute atomic E-state index is 12.7. The van der Waals surface area contributed by atoms with E-state index in [4.69, 9.17) is 5.11 Å². The summed E-state index contributed by atoms with van der Waals surface area (Å²) in [6, 6.07) is 0.212. The lowest BCUT2D eigenvalue weighted by Gasteiger charge is -2.28. The van der Waals surface area contributed by atoms with Crippen molar-refractivity contribution in [2.75, 3.05) is 13.2 Å². The van der Waals surface area contributed by atoms with E-state index in [2.05, 4.69) is 12.2 Å². The SMILES string of the molecule is CC1CCC(NCC(F)(F)CO)CC1. The van der Waals surface area contributed by atoms with Crippen LogP contribution in [0.15, 0.2) is 0 Å². The maximum Gasteiger partial charge on any atom is 0.282 e. The van der Waals surface area contributed by atoms with Crippen molar-refractivity contribution in [2.45, 2.75) is 44.6 Å². The molecule has 84 valence electrons. The molecule has 0 amide bonds. The van der Waals surface area contributed by atoms with Crippen LogP contribution in [0, 0.1) is 5.92 Å². The zero-order chi connectivity index (χ0) is 10.6. The zero-order valence-corrected chi connectivity index (χ0v) is 8.60. The summed E-state index contributed by atoms with van der Waals surface area (Å²) in [5.41, 5.74) is 0. The Morgan fingerprint density at radius 1 is 1.29 bits per heavy atom. The van der Waals surface area contributed by atoms with Crippen LogP contribution in [0.5, 0.6) is 0 Å². The molecule has 0 aliphatic heterocycles. The van der Waals surface area contributed by atoms with E-state index >= 15 is 0 Å². The second-order valence-corrected chi connectivity index (χ2v) is 4.35. The van der Waals surface area contributed by atoms with Crippen molar-refractivity contribution in [1.82, 2.24) is 5.32 Å².